The van der Waals surface area contributed by atoms with Gasteiger partial charge in [0.05, 0.1) is 0 Å². The molecule has 0 aliphatic heterocycles. The lowest BCUT2D eigenvalue weighted by Gasteiger charge is -2.06. The topological polar surface area (TPSA) is 41.1 Å². The molecule has 0 saturated carbocycles. The molecule has 0 aromatic heterocycles. The van der Waals surface area contributed by atoms with Crippen molar-refractivity contribution < 1.29 is 4.79 Å². The minimum atomic E-state index is 0. The maximum atomic E-state index is 11.5. The van der Waals surface area contributed by atoms with E-state index < -0.39 is 0 Å². The van der Waals surface area contributed by atoms with Crippen molar-refractivity contribution in [1.82, 2.24) is 10.6 Å². The Morgan fingerprint density at radius 2 is 2.00 bits per heavy atom. The molecule has 5 heteroatoms. The molecule has 0 heterocycles. The summed E-state index contributed by atoms with van der Waals surface area (Å²) in [5, 5.41) is 6.05. The highest BCUT2D eigenvalue weighted by atomic mass is 79.9. The fourth-order valence-electron chi connectivity index (χ4n) is 1.50. The molecule has 0 aliphatic rings. The summed E-state index contributed by atoms with van der Waals surface area (Å²) < 4.78 is 1.07. The Bertz CT molecular complexity index is 361. The van der Waals surface area contributed by atoms with Gasteiger partial charge in [-0.1, -0.05) is 41.1 Å². The molecule has 0 fully saturated rings. The first-order valence-electron chi connectivity index (χ1n) is 5.95. The maximum Gasteiger partial charge on any atom is 0.220 e. The summed E-state index contributed by atoms with van der Waals surface area (Å²) in [5.41, 5.74) is 1.18. The van der Waals surface area contributed by atoms with Gasteiger partial charge in [-0.25, -0.2) is 0 Å². The van der Waals surface area contributed by atoms with Crippen molar-refractivity contribution in [3.8, 4) is 0 Å². The van der Waals surface area contributed by atoms with Gasteiger partial charge in [0.25, 0.3) is 0 Å². The third-order valence-corrected chi connectivity index (χ3v) is 3.23. The third kappa shape index (κ3) is 6.99. The van der Waals surface area contributed by atoms with Crippen molar-refractivity contribution in [2.75, 3.05) is 19.6 Å². The van der Waals surface area contributed by atoms with E-state index in [9.17, 15) is 4.79 Å². The molecular formula is C13H20BrClN2O. The zero-order chi connectivity index (χ0) is 12.5. The summed E-state index contributed by atoms with van der Waals surface area (Å²) in [5.74, 6) is 0.110. The van der Waals surface area contributed by atoms with E-state index >= 15 is 0 Å². The van der Waals surface area contributed by atoms with Gasteiger partial charge < -0.3 is 10.6 Å². The molecule has 18 heavy (non-hydrogen) atoms. The van der Waals surface area contributed by atoms with E-state index in [1.807, 2.05) is 24.3 Å². The lowest BCUT2D eigenvalue weighted by Crippen LogP contribution is -2.31. The molecule has 1 rings (SSSR count). The highest BCUT2D eigenvalue weighted by molar-refractivity contribution is 9.10. The minimum Gasteiger partial charge on any atom is -0.355 e. The number of carbonyl (C=O) groups excluding carboxylic acids is 1. The number of nitrogens with one attached hydrogen (secondary N) is 2. The van der Waals surface area contributed by atoms with Crippen LogP contribution < -0.4 is 10.6 Å². The Kier molecular flexibility index (Phi) is 10.0. The van der Waals surface area contributed by atoms with Gasteiger partial charge in [0.2, 0.25) is 5.91 Å². The second-order valence-electron chi connectivity index (χ2n) is 3.79. The Labute approximate surface area is 123 Å². The Hall–Kier alpha value is -0.580. The maximum absolute atomic E-state index is 11.5. The third-order valence-electron chi connectivity index (χ3n) is 2.45. The van der Waals surface area contributed by atoms with Gasteiger partial charge in [-0.3, -0.25) is 4.79 Å². The van der Waals surface area contributed by atoms with Crippen LogP contribution in [0.4, 0.5) is 0 Å². The van der Waals surface area contributed by atoms with Crippen LogP contribution in [-0.2, 0) is 11.2 Å². The highest BCUT2D eigenvalue weighted by Gasteiger charge is 2.03. The lowest BCUT2D eigenvalue weighted by molar-refractivity contribution is -0.121. The summed E-state index contributed by atoms with van der Waals surface area (Å²) in [4.78, 5) is 11.5. The predicted octanol–water partition coefficient (Wildman–Crippen LogP) is 2.53. The molecule has 0 radical (unpaired) electrons. The number of hydrogen-bond donors (Lipinski definition) is 2. The average Bonchev–Trinajstić information content (AvgIpc) is 2.34. The number of amides is 1. The Morgan fingerprint density at radius 1 is 1.28 bits per heavy atom. The first-order valence-corrected chi connectivity index (χ1v) is 6.74. The number of likely N-dealkylation sites (N-methyl/N-ethyl adjacent to an activating group) is 1. The first kappa shape index (κ1) is 17.4. The second kappa shape index (κ2) is 10.4. The van der Waals surface area contributed by atoms with Gasteiger partial charge in [0.15, 0.2) is 0 Å². The molecule has 1 aromatic rings. The van der Waals surface area contributed by atoms with Crippen molar-refractivity contribution in [3.05, 3.63) is 34.3 Å². The molecule has 102 valence electrons. The van der Waals surface area contributed by atoms with E-state index in [4.69, 9.17) is 0 Å². The lowest BCUT2D eigenvalue weighted by atomic mass is 10.1. The average molecular weight is 336 g/mol. The van der Waals surface area contributed by atoms with Crippen molar-refractivity contribution in [1.29, 1.82) is 0 Å². The minimum absolute atomic E-state index is 0. The van der Waals surface area contributed by atoms with Crippen LogP contribution in [0.15, 0.2) is 28.7 Å². The zero-order valence-electron chi connectivity index (χ0n) is 10.5. The van der Waals surface area contributed by atoms with E-state index in [0.717, 1.165) is 24.0 Å². The number of benzene rings is 1. The molecule has 0 saturated heterocycles. The number of rotatable bonds is 7. The fourth-order valence-corrected chi connectivity index (χ4v) is 1.99. The smallest absolute Gasteiger partial charge is 0.220 e. The van der Waals surface area contributed by atoms with E-state index in [1.165, 1.54) is 5.56 Å². The molecule has 0 bridgehead atoms. The van der Waals surface area contributed by atoms with Crippen molar-refractivity contribution in [2.24, 2.45) is 0 Å². The van der Waals surface area contributed by atoms with E-state index in [0.29, 0.717) is 13.0 Å². The van der Waals surface area contributed by atoms with Crippen molar-refractivity contribution >= 4 is 34.2 Å². The van der Waals surface area contributed by atoms with E-state index in [-0.39, 0.29) is 18.3 Å². The molecule has 3 nitrogen and oxygen atoms in total. The van der Waals surface area contributed by atoms with Crippen LogP contribution in [0.5, 0.6) is 0 Å². The van der Waals surface area contributed by atoms with Crippen LogP contribution in [-0.4, -0.2) is 25.5 Å². The second-order valence-corrected chi connectivity index (χ2v) is 4.65. The number of carbonyl (C=O) groups is 1. The van der Waals surface area contributed by atoms with E-state index in [1.54, 1.807) is 0 Å². The summed E-state index contributed by atoms with van der Waals surface area (Å²) >= 11 is 3.48. The van der Waals surface area contributed by atoms with Gasteiger partial charge in [-0.15, -0.1) is 12.4 Å². The monoisotopic (exact) mass is 334 g/mol. The van der Waals surface area contributed by atoms with Gasteiger partial charge in [-0.2, -0.15) is 0 Å². The van der Waals surface area contributed by atoms with Crippen LogP contribution in [0.1, 0.15) is 18.9 Å². The standard InChI is InChI=1S/C13H19BrN2O.ClH/c1-2-15-9-10-16-13(17)8-7-11-5-3-4-6-12(11)14;/h3-6,15H,2,7-10H2,1H3,(H,16,17);1H. The van der Waals surface area contributed by atoms with Gasteiger partial charge in [0.1, 0.15) is 0 Å². The molecule has 1 aromatic carbocycles. The Morgan fingerprint density at radius 3 is 2.67 bits per heavy atom. The van der Waals surface area contributed by atoms with Gasteiger partial charge in [-0.05, 0) is 24.6 Å². The molecule has 2 N–H and O–H groups in total. The summed E-state index contributed by atoms with van der Waals surface area (Å²) in [6.07, 6.45) is 1.31. The van der Waals surface area contributed by atoms with Gasteiger partial charge >= 0.3 is 0 Å². The number of hydrogen-bond acceptors (Lipinski definition) is 2. The number of halogens is 2. The molecule has 1 amide bonds. The quantitative estimate of drug-likeness (QED) is 0.752. The fraction of sp³-hybridized carbons (Fsp3) is 0.462. The van der Waals surface area contributed by atoms with E-state index in [2.05, 4.69) is 33.5 Å². The Balaban J connectivity index is 0.00000289. The number of aryl methyl sites for hydroxylation is 1. The summed E-state index contributed by atoms with van der Waals surface area (Å²) in [7, 11) is 0. The van der Waals surface area contributed by atoms with Crippen LogP contribution in [0.2, 0.25) is 0 Å². The largest absolute Gasteiger partial charge is 0.355 e. The van der Waals surface area contributed by atoms with Crippen LogP contribution in [0.3, 0.4) is 0 Å². The molecule has 0 atom stereocenters. The van der Waals surface area contributed by atoms with Crippen molar-refractivity contribution in [3.63, 3.8) is 0 Å². The van der Waals surface area contributed by atoms with Crippen LogP contribution in [0, 0.1) is 0 Å². The van der Waals surface area contributed by atoms with Crippen LogP contribution in [0.25, 0.3) is 0 Å². The first-order chi connectivity index (χ1) is 8.24. The highest BCUT2D eigenvalue weighted by Crippen LogP contribution is 2.17. The van der Waals surface area contributed by atoms with Crippen LogP contribution >= 0.6 is 28.3 Å². The summed E-state index contributed by atoms with van der Waals surface area (Å²) in [6, 6.07) is 8.00. The normalized spacial score (nSPS) is 9.67. The predicted molar refractivity (Wildman–Crippen MR) is 81.3 cm³/mol. The van der Waals surface area contributed by atoms with Gasteiger partial charge in [0, 0.05) is 24.0 Å². The van der Waals surface area contributed by atoms with Crippen molar-refractivity contribution in [2.45, 2.75) is 19.8 Å². The molecule has 0 aliphatic carbocycles. The molecule has 0 spiro atoms. The zero-order valence-corrected chi connectivity index (χ0v) is 12.9. The molecule has 0 unspecified atom stereocenters. The summed E-state index contributed by atoms with van der Waals surface area (Å²) in [6.45, 7) is 4.52. The molecular weight excluding hydrogens is 316 g/mol. The SMILES string of the molecule is CCNCCNC(=O)CCc1ccccc1Br.Cl.